The van der Waals surface area contributed by atoms with Gasteiger partial charge in [0.2, 0.25) is 5.91 Å². The molecule has 5 nitrogen and oxygen atoms in total. The molecule has 19 heavy (non-hydrogen) atoms. The lowest BCUT2D eigenvalue weighted by Crippen LogP contribution is -2.43. The van der Waals surface area contributed by atoms with Crippen LogP contribution in [-0.4, -0.2) is 24.9 Å². The van der Waals surface area contributed by atoms with Crippen LogP contribution in [0.3, 0.4) is 0 Å². The molecule has 0 radical (unpaired) electrons. The van der Waals surface area contributed by atoms with Gasteiger partial charge in [0, 0.05) is 19.2 Å². The third-order valence-corrected chi connectivity index (χ3v) is 2.93. The van der Waals surface area contributed by atoms with Crippen molar-refractivity contribution in [2.75, 3.05) is 7.05 Å². The summed E-state index contributed by atoms with van der Waals surface area (Å²) in [6.07, 6.45) is 0. The normalized spacial score (nSPS) is 12.1. The number of benzene rings is 1. The molecule has 0 aliphatic rings. The van der Waals surface area contributed by atoms with Crippen LogP contribution in [0.1, 0.15) is 29.8 Å². The number of nitrogens with one attached hydrogen (secondary N) is 2. The van der Waals surface area contributed by atoms with E-state index in [9.17, 15) is 9.59 Å². The van der Waals surface area contributed by atoms with Gasteiger partial charge in [0.15, 0.2) is 0 Å². The zero-order chi connectivity index (χ0) is 14.4. The molecule has 1 atom stereocenters. The number of carbonyl (C=O) groups is 2. The van der Waals surface area contributed by atoms with Crippen molar-refractivity contribution < 1.29 is 9.59 Å². The molecule has 4 N–H and O–H groups in total. The SMILES string of the molecule is CNC(=O)c1ccc(CNC(=O)C(N)C(C)C)cc1. The Bertz CT molecular complexity index is 441. The van der Waals surface area contributed by atoms with Crippen molar-refractivity contribution in [2.45, 2.75) is 26.4 Å². The second kappa shape index (κ2) is 6.89. The van der Waals surface area contributed by atoms with Crippen molar-refractivity contribution in [1.29, 1.82) is 0 Å². The minimum absolute atomic E-state index is 0.107. The molecule has 0 saturated heterocycles. The molecular formula is C14H21N3O2. The summed E-state index contributed by atoms with van der Waals surface area (Å²) in [7, 11) is 1.59. The maximum atomic E-state index is 11.7. The van der Waals surface area contributed by atoms with E-state index in [0.29, 0.717) is 12.1 Å². The van der Waals surface area contributed by atoms with Crippen molar-refractivity contribution in [1.82, 2.24) is 10.6 Å². The highest BCUT2D eigenvalue weighted by Gasteiger charge is 2.16. The summed E-state index contributed by atoms with van der Waals surface area (Å²) in [5.74, 6) is -0.182. The van der Waals surface area contributed by atoms with E-state index in [4.69, 9.17) is 5.73 Å². The zero-order valence-electron chi connectivity index (χ0n) is 11.6. The van der Waals surface area contributed by atoms with Gasteiger partial charge in [0.25, 0.3) is 5.91 Å². The van der Waals surface area contributed by atoms with Crippen molar-refractivity contribution in [3.63, 3.8) is 0 Å². The molecule has 1 aromatic rings. The summed E-state index contributed by atoms with van der Waals surface area (Å²) in [5, 5.41) is 5.33. The van der Waals surface area contributed by atoms with Crippen LogP contribution in [0.25, 0.3) is 0 Å². The van der Waals surface area contributed by atoms with Crippen molar-refractivity contribution in [2.24, 2.45) is 11.7 Å². The average Bonchev–Trinajstić information content (AvgIpc) is 2.43. The fourth-order valence-electron chi connectivity index (χ4n) is 1.53. The largest absolute Gasteiger partial charge is 0.355 e. The highest BCUT2D eigenvalue weighted by Crippen LogP contribution is 2.05. The summed E-state index contributed by atoms with van der Waals surface area (Å²) in [6.45, 7) is 4.22. The van der Waals surface area contributed by atoms with Crippen molar-refractivity contribution in [3.05, 3.63) is 35.4 Å². The molecule has 1 aromatic carbocycles. The van der Waals surface area contributed by atoms with Crippen LogP contribution in [0.4, 0.5) is 0 Å². The number of nitrogens with two attached hydrogens (primary N) is 1. The van der Waals surface area contributed by atoms with Gasteiger partial charge < -0.3 is 16.4 Å². The van der Waals surface area contributed by atoms with Gasteiger partial charge in [-0.15, -0.1) is 0 Å². The highest BCUT2D eigenvalue weighted by molar-refractivity contribution is 5.93. The topological polar surface area (TPSA) is 84.2 Å². The smallest absolute Gasteiger partial charge is 0.251 e. The van der Waals surface area contributed by atoms with Gasteiger partial charge in [0.05, 0.1) is 6.04 Å². The Kier molecular flexibility index (Phi) is 5.51. The van der Waals surface area contributed by atoms with Crippen LogP contribution >= 0.6 is 0 Å². The Morgan fingerprint density at radius 3 is 2.26 bits per heavy atom. The quantitative estimate of drug-likeness (QED) is 0.729. The molecule has 0 spiro atoms. The molecule has 0 aliphatic heterocycles. The molecule has 1 rings (SSSR count). The van der Waals surface area contributed by atoms with Crippen LogP contribution in [0.2, 0.25) is 0 Å². The molecule has 2 amide bonds. The monoisotopic (exact) mass is 263 g/mol. The number of hydrogen-bond donors (Lipinski definition) is 3. The Morgan fingerprint density at radius 2 is 1.79 bits per heavy atom. The fraction of sp³-hybridized carbons (Fsp3) is 0.429. The molecule has 0 fully saturated rings. The average molecular weight is 263 g/mol. The molecule has 1 unspecified atom stereocenters. The van der Waals surface area contributed by atoms with Crippen LogP contribution in [0, 0.1) is 5.92 Å². The minimum Gasteiger partial charge on any atom is -0.355 e. The predicted octanol–water partition coefficient (Wildman–Crippen LogP) is 0.646. The van der Waals surface area contributed by atoms with E-state index in [1.54, 1.807) is 19.2 Å². The van der Waals surface area contributed by atoms with Crippen molar-refractivity contribution >= 4 is 11.8 Å². The lowest BCUT2D eigenvalue weighted by molar-refractivity contribution is -0.123. The minimum atomic E-state index is -0.495. The third-order valence-electron chi connectivity index (χ3n) is 2.93. The Balaban J connectivity index is 2.55. The van der Waals surface area contributed by atoms with E-state index in [1.807, 2.05) is 26.0 Å². The van der Waals surface area contributed by atoms with Gasteiger partial charge >= 0.3 is 0 Å². The third kappa shape index (κ3) is 4.37. The van der Waals surface area contributed by atoms with E-state index < -0.39 is 6.04 Å². The molecular weight excluding hydrogens is 242 g/mol. The summed E-state index contributed by atoms with van der Waals surface area (Å²) in [5.41, 5.74) is 7.26. The molecule has 0 bridgehead atoms. The molecule has 104 valence electrons. The Labute approximate surface area is 113 Å². The number of rotatable bonds is 5. The zero-order valence-corrected chi connectivity index (χ0v) is 11.6. The van der Waals surface area contributed by atoms with E-state index in [2.05, 4.69) is 10.6 Å². The second-order valence-corrected chi connectivity index (χ2v) is 4.76. The van der Waals surface area contributed by atoms with Gasteiger partial charge in [-0.3, -0.25) is 9.59 Å². The van der Waals surface area contributed by atoms with Crippen LogP contribution in [0.15, 0.2) is 24.3 Å². The van der Waals surface area contributed by atoms with Gasteiger partial charge in [-0.2, -0.15) is 0 Å². The molecule has 0 saturated carbocycles. The van der Waals surface area contributed by atoms with E-state index in [-0.39, 0.29) is 17.7 Å². The number of hydrogen-bond acceptors (Lipinski definition) is 3. The van der Waals surface area contributed by atoms with Crippen LogP contribution < -0.4 is 16.4 Å². The van der Waals surface area contributed by atoms with Crippen LogP contribution in [-0.2, 0) is 11.3 Å². The van der Waals surface area contributed by atoms with Gasteiger partial charge in [0.1, 0.15) is 0 Å². The van der Waals surface area contributed by atoms with E-state index >= 15 is 0 Å². The van der Waals surface area contributed by atoms with Gasteiger partial charge in [-0.05, 0) is 23.6 Å². The first-order valence-electron chi connectivity index (χ1n) is 6.30. The molecule has 5 heteroatoms. The second-order valence-electron chi connectivity index (χ2n) is 4.76. The first-order valence-corrected chi connectivity index (χ1v) is 6.30. The number of amides is 2. The summed E-state index contributed by atoms with van der Waals surface area (Å²) in [6, 6.07) is 6.58. The summed E-state index contributed by atoms with van der Waals surface area (Å²) >= 11 is 0. The number of carbonyl (C=O) groups excluding carboxylic acids is 2. The van der Waals surface area contributed by atoms with Crippen LogP contribution in [0.5, 0.6) is 0 Å². The highest BCUT2D eigenvalue weighted by atomic mass is 16.2. The maximum absolute atomic E-state index is 11.7. The first kappa shape index (κ1) is 15.2. The Hall–Kier alpha value is -1.88. The van der Waals surface area contributed by atoms with E-state index in [0.717, 1.165) is 5.56 Å². The fourth-order valence-corrected chi connectivity index (χ4v) is 1.53. The predicted molar refractivity (Wildman–Crippen MR) is 74.5 cm³/mol. The molecule has 0 heterocycles. The van der Waals surface area contributed by atoms with Gasteiger partial charge in [-0.1, -0.05) is 26.0 Å². The van der Waals surface area contributed by atoms with Gasteiger partial charge in [-0.25, -0.2) is 0 Å². The lowest BCUT2D eigenvalue weighted by atomic mass is 10.0. The molecule has 0 aromatic heterocycles. The lowest BCUT2D eigenvalue weighted by Gasteiger charge is -2.15. The Morgan fingerprint density at radius 1 is 1.21 bits per heavy atom. The first-order chi connectivity index (χ1) is 8.95. The van der Waals surface area contributed by atoms with E-state index in [1.165, 1.54) is 0 Å². The molecule has 0 aliphatic carbocycles. The summed E-state index contributed by atoms with van der Waals surface area (Å²) in [4.78, 5) is 23.0. The summed E-state index contributed by atoms with van der Waals surface area (Å²) < 4.78 is 0. The standard InChI is InChI=1S/C14H21N3O2/c1-9(2)12(15)14(19)17-8-10-4-6-11(7-5-10)13(18)16-3/h4-7,9,12H,8,15H2,1-3H3,(H,16,18)(H,17,19). The van der Waals surface area contributed by atoms with Crippen molar-refractivity contribution in [3.8, 4) is 0 Å². The maximum Gasteiger partial charge on any atom is 0.251 e.